The number of aromatic nitrogens is 1. The Bertz CT molecular complexity index is 837. The Morgan fingerprint density at radius 3 is 2.70 bits per heavy atom. The third-order valence-electron chi connectivity index (χ3n) is 4.41. The zero-order valence-electron chi connectivity index (χ0n) is 14.8. The van der Waals surface area contributed by atoms with Crippen LogP contribution in [0, 0.1) is 16.2 Å². The van der Waals surface area contributed by atoms with Crippen LogP contribution in [0.2, 0.25) is 0 Å². The number of amides is 2. The minimum Gasteiger partial charge on any atom is -0.338 e. The number of rotatable bonds is 7. The number of hydrogen-bond donors (Lipinski definition) is 2. The SMILES string of the molecule is N#Cc1c(-c2ccc(N=O)cc2)nsc1NC(=O)NCCCN1CCCC1. The summed E-state index contributed by atoms with van der Waals surface area (Å²) < 4.78 is 4.28. The highest BCUT2D eigenvalue weighted by atomic mass is 32.1. The molecular formula is C18H20N6O2S. The van der Waals surface area contributed by atoms with Crippen LogP contribution in [0.1, 0.15) is 24.8 Å². The molecule has 1 aliphatic heterocycles. The molecule has 0 spiro atoms. The van der Waals surface area contributed by atoms with Gasteiger partial charge in [-0.3, -0.25) is 5.32 Å². The molecule has 2 aromatic rings. The molecule has 140 valence electrons. The van der Waals surface area contributed by atoms with Gasteiger partial charge in [0.1, 0.15) is 28.0 Å². The fourth-order valence-corrected chi connectivity index (χ4v) is 3.77. The Morgan fingerprint density at radius 2 is 2.04 bits per heavy atom. The van der Waals surface area contributed by atoms with Crippen molar-refractivity contribution in [3.8, 4) is 17.3 Å². The van der Waals surface area contributed by atoms with E-state index in [9.17, 15) is 15.0 Å². The summed E-state index contributed by atoms with van der Waals surface area (Å²) in [6.45, 7) is 3.85. The first-order valence-corrected chi connectivity index (χ1v) is 9.59. The van der Waals surface area contributed by atoms with Crippen molar-refractivity contribution in [1.82, 2.24) is 14.6 Å². The van der Waals surface area contributed by atoms with Gasteiger partial charge in [0, 0.05) is 12.1 Å². The van der Waals surface area contributed by atoms with E-state index in [0.29, 0.717) is 34.1 Å². The highest BCUT2D eigenvalue weighted by molar-refractivity contribution is 7.11. The topological polar surface area (TPSA) is 110 Å². The average Bonchev–Trinajstić information content (AvgIpc) is 3.35. The van der Waals surface area contributed by atoms with E-state index in [1.165, 1.54) is 12.8 Å². The van der Waals surface area contributed by atoms with E-state index in [2.05, 4.69) is 31.2 Å². The largest absolute Gasteiger partial charge is 0.338 e. The van der Waals surface area contributed by atoms with Crippen LogP contribution in [0.3, 0.4) is 0 Å². The van der Waals surface area contributed by atoms with Crippen LogP contribution in [0.4, 0.5) is 15.5 Å². The van der Waals surface area contributed by atoms with Crippen molar-refractivity contribution in [3.05, 3.63) is 34.7 Å². The highest BCUT2D eigenvalue weighted by Gasteiger charge is 2.17. The number of carbonyl (C=O) groups is 1. The lowest BCUT2D eigenvalue weighted by Gasteiger charge is -2.14. The minimum atomic E-state index is -0.344. The molecule has 2 N–H and O–H groups in total. The summed E-state index contributed by atoms with van der Waals surface area (Å²) in [6, 6.07) is 8.22. The van der Waals surface area contributed by atoms with Crippen molar-refractivity contribution < 1.29 is 4.79 Å². The second-order valence-corrected chi connectivity index (χ2v) is 7.04. The number of benzene rings is 1. The molecule has 3 rings (SSSR count). The maximum Gasteiger partial charge on any atom is 0.319 e. The Balaban J connectivity index is 1.56. The second-order valence-electron chi connectivity index (χ2n) is 6.27. The standard InChI is InChI=1S/C18H20N6O2S/c19-12-15-16(13-4-6-14(22-26)7-5-13)23-27-17(15)21-18(25)20-8-3-11-24-9-1-2-10-24/h4-7H,1-3,8-11H2,(H2,20,21,25). The molecule has 0 saturated carbocycles. The highest BCUT2D eigenvalue weighted by Crippen LogP contribution is 2.32. The van der Waals surface area contributed by atoms with Crippen LogP contribution in [0.5, 0.6) is 0 Å². The summed E-state index contributed by atoms with van der Waals surface area (Å²) in [4.78, 5) is 25.0. The predicted octanol–water partition coefficient (Wildman–Crippen LogP) is 3.69. The van der Waals surface area contributed by atoms with Crippen LogP contribution in [-0.2, 0) is 0 Å². The number of nitriles is 1. The van der Waals surface area contributed by atoms with Gasteiger partial charge in [-0.1, -0.05) is 12.1 Å². The molecule has 0 aliphatic carbocycles. The number of urea groups is 1. The van der Waals surface area contributed by atoms with Gasteiger partial charge in [-0.2, -0.15) is 9.64 Å². The van der Waals surface area contributed by atoms with Crippen molar-refractivity contribution in [1.29, 1.82) is 5.26 Å². The van der Waals surface area contributed by atoms with Gasteiger partial charge < -0.3 is 10.2 Å². The van der Waals surface area contributed by atoms with Gasteiger partial charge in [0.15, 0.2) is 0 Å². The van der Waals surface area contributed by atoms with Crippen molar-refractivity contribution in [3.63, 3.8) is 0 Å². The molecule has 1 aliphatic rings. The molecule has 27 heavy (non-hydrogen) atoms. The summed E-state index contributed by atoms with van der Waals surface area (Å²) in [5.41, 5.74) is 1.77. The zero-order valence-corrected chi connectivity index (χ0v) is 15.6. The molecule has 2 amide bonds. The molecule has 0 atom stereocenters. The number of nitrogens with one attached hydrogen (secondary N) is 2. The van der Waals surface area contributed by atoms with Crippen LogP contribution >= 0.6 is 11.5 Å². The molecule has 1 aromatic carbocycles. The average molecular weight is 384 g/mol. The van der Waals surface area contributed by atoms with E-state index < -0.39 is 0 Å². The Morgan fingerprint density at radius 1 is 1.30 bits per heavy atom. The quantitative estimate of drug-likeness (QED) is 0.559. The fourth-order valence-electron chi connectivity index (χ4n) is 3.01. The Hall–Kier alpha value is -2.83. The number of carbonyl (C=O) groups excluding carboxylic acids is 1. The molecule has 2 heterocycles. The lowest BCUT2D eigenvalue weighted by molar-refractivity contribution is 0.251. The maximum absolute atomic E-state index is 12.1. The molecule has 0 radical (unpaired) electrons. The smallest absolute Gasteiger partial charge is 0.319 e. The van der Waals surface area contributed by atoms with E-state index >= 15 is 0 Å². The van der Waals surface area contributed by atoms with Crippen LogP contribution < -0.4 is 10.6 Å². The third kappa shape index (κ3) is 4.87. The summed E-state index contributed by atoms with van der Waals surface area (Å²) in [5, 5.41) is 18.2. The zero-order chi connectivity index (χ0) is 19.1. The first kappa shape index (κ1) is 18.9. The lowest BCUT2D eigenvalue weighted by atomic mass is 10.1. The Labute approximate surface area is 161 Å². The normalized spacial score (nSPS) is 13.9. The van der Waals surface area contributed by atoms with E-state index in [-0.39, 0.29) is 6.03 Å². The van der Waals surface area contributed by atoms with Gasteiger partial charge in [0.25, 0.3) is 0 Å². The third-order valence-corrected chi connectivity index (χ3v) is 5.18. The van der Waals surface area contributed by atoms with Crippen LogP contribution in [0.25, 0.3) is 11.3 Å². The van der Waals surface area contributed by atoms with Crippen LogP contribution in [0.15, 0.2) is 29.4 Å². The van der Waals surface area contributed by atoms with E-state index in [0.717, 1.165) is 37.6 Å². The molecule has 1 fully saturated rings. The number of hydrogen-bond acceptors (Lipinski definition) is 7. The molecule has 9 heteroatoms. The van der Waals surface area contributed by atoms with Gasteiger partial charge in [-0.25, -0.2) is 4.79 Å². The molecule has 0 unspecified atom stereocenters. The Kier molecular flexibility index (Phi) is 6.46. The van der Waals surface area contributed by atoms with Crippen molar-refractivity contribution in [2.75, 3.05) is 31.5 Å². The van der Waals surface area contributed by atoms with Crippen LogP contribution in [-0.4, -0.2) is 41.5 Å². The summed E-state index contributed by atoms with van der Waals surface area (Å²) in [6.07, 6.45) is 3.41. The molecule has 1 aromatic heterocycles. The van der Waals surface area contributed by atoms with Crippen molar-refractivity contribution in [2.24, 2.45) is 5.18 Å². The number of anilines is 1. The predicted molar refractivity (Wildman–Crippen MR) is 105 cm³/mol. The maximum atomic E-state index is 12.1. The van der Waals surface area contributed by atoms with E-state index in [4.69, 9.17) is 0 Å². The van der Waals surface area contributed by atoms with Gasteiger partial charge in [-0.05, 0) is 67.7 Å². The second kappa shape index (κ2) is 9.21. The summed E-state index contributed by atoms with van der Waals surface area (Å²) in [5.74, 6) is 0. The monoisotopic (exact) mass is 384 g/mol. The van der Waals surface area contributed by atoms with Gasteiger partial charge in [0.05, 0.1) is 0 Å². The van der Waals surface area contributed by atoms with E-state index in [1.54, 1.807) is 24.3 Å². The molecule has 8 nitrogen and oxygen atoms in total. The number of likely N-dealkylation sites (tertiary alicyclic amines) is 1. The summed E-state index contributed by atoms with van der Waals surface area (Å²) in [7, 11) is 0. The minimum absolute atomic E-state index is 0.305. The molecular weight excluding hydrogens is 364 g/mol. The fraction of sp³-hybridized carbons (Fsp3) is 0.389. The first-order chi connectivity index (χ1) is 13.2. The van der Waals surface area contributed by atoms with Gasteiger partial charge in [0.2, 0.25) is 0 Å². The molecule has 1 saturated heterocycles. The van der Waals surface area contributed by atoms with E-state index in [1.807, 2.05) is 0 Å². The first-order valence-electron chi connectivity index (χ1n) is 8.82. The van der Waals surface area contributed by atoms with Crippen molar-refractivity contribution in [2.45, 2.75) is 19.3 Å². The number of nitrogens with zero attached hydrogens (tertiary/aromatic N) is 4. The van der Waals surface area contributed by atoms with Crippen molar-refractivity contribution >= 4 is 28.3 Å². The number of nitroso groups, excluding NO2 is 1. The lowest BCUT2D eigenvalue weighted by Crippen LogP contribution is -2.31. The van der Waals surface area contributed by atoms with Gasteiger partial charge >= 0.3 is 6.03 Å². The van der Waals surface area contributed by atoms with Gasteiger partial charge in [-0.15, -0.1) is 4.91 Å². The summed E-state index contributed by atoms with van der Waals surface area (Å²) >= 11 is 1.06. The molecule has 0 bridgehead atoms.